The summed E-state index contributed by atoms with van der Waals surface area (Å²) in [6, 6.07) is 0. The van der Waals surface area contributed by atoms with Gasteiger partial charge in [0.2, 0.25) is 0 Å². The molecular weight excluding hydrogens is 258 g/mol. The van der Waals surface area contributed by atoms with Crippen molar-refractivity contribution in [1.82, 2.24) is 15.1 Å². The average Bonchev–Trinajstić information content (AvgIpc) is 2.82. The summed E-state index contributed by atoms with van der Waals surface area (Å²) in [6.45, 7) is 7.18. The number of rotatable bonds is 9. The van der Waals surface area contributed by atoms with Crippen molar-refractivity contribution in [3.05, 3.63) is 0 Å². The molecule has 0 unspecified atom stereocenters. The zero-order valence-electron chi connectivity index (χ0n) is 14.9. The first-order valence-electron chi connectivity index (χ1n) is 9.09. The largest absolute Gasteiger partial charge is 0.316 e. The van der Waals surface area contributed by atoms with Gasteiger partial charge in [0.05, 0.1) is 0 Å². The summed E-state index contributed by atoms with van der Waals surface area (Å²) < 4.78 is 0. The molecule has 0 saturated heterocycles. The minimum absolute atomic E-state index is 0.464. The molecule has 0 atom stereocenters. The normalized spacial score (nSPS) is 23.7. The van der Waals surface area contributed by atoms with Crippen molar-refractivity contribution in [2.75, 3.05) is 47.3 Å². The van der Waals surface area contributed by atoms with Crippen LogP contribution in [0.2, 0.25) is 0 Å². The van der Waals surface area contributed by atoms with E-state index in [4.69, 9.17) is 0 Å². The molecule has 2 aliphatic rings. The first-order chi connectivity index (χ1) is 10.0. The Labute approximate surface area is 132 Å². The van der Waals surface area contributed by atoms with Crippen molar-refractivity contribution >= 4 is 0 Å². The molecule has 0 aromatic heterocycles. The lowest BCUT2D eigenvalue weighted by atomic mass is 9.75. The lowest BCUT2D eigenvalue weighted by Gasteiger charge is -2.50. The first-order valence-corrected chi connectivity index (χ1v) is 9.09. The second-order valence-corrected chi connectivity index (χ2v) is 8.03. The number of nitrogens with one attached hydrogen (secondary N) is 1. The van der Waals surface area contributed by atoms with E-state index in [1.807, 2.05) is 0 Å². The lowest BCUT2D eigenvalue weighted by Crippen LogP contribution is -2.58. The molecule has 0 heterocycles. The summed E-state index contributed by atoms with van der Waals surface area (Å²) >= 11 is 0. The molecule has 3 nitrogen and oxygen atoms in total. The Hall–Kier alpha value is -0.120. The second-order valence-electron chi connectivity index (χ2n) is 8.03. The molecule has 3 heteroatoms. The van der Waals surface area contributed by atoms with Crippen LogP contribution in [0, 0.1) is 5.41 Å². The van der Waals surface area contributed by atoms with Gasteiger partial charge in [-0.3, -0.25) is 0 Å². The number of likely N-dealkylation sites (N-methyl/N-ethyl adjacent to an activating group) is 2. The van der Waals surface area contributed by atoms with Crippen LogP contribution in [0.15, 0.2) is 0 Å². The Kier molecular flexibility index (Phi) is 6.10. The average molecular weight is 296 g/mol. The predicted molar refractivity (Wildman–Crippen MR) is 91.8 cm³/mol. The van der Waals surface area contributed by atoms with E-state index in [9.17, 15) is 0 Å². The van der Waals surface area contributed by atoms with E-state index in [2.05, 4.69) is 43.2 Å². The maximum atomic E-state index is 3.70. The minimum atomic E-state index is 0.464. The molecule has 0 aromatic rings. The Morgan fingerprint density at radius 2 is 1.57 bits per heavy atom. The number of hydrogen-bond donors (Lipinski definition) is 1. The van der Waals surface area contributed by atoms with Gasteiger partial charge in [-0.2, -0.15) is 0 Å². The molecule has 0 amide bonds. The fourth-order valence-corrected chi connectivity index (χ4v) is 4.51. The quantitative estimate of drug-likeness (QED) is 0.660. The summed E-state index contributed by atoms with van der Waals surface area (Å²) in [5, 5.41) is 3.70. The molecule has 0 aliphatic heterocycles. The van der Waals surface area contributed by atoms with Crippen LogP contribution < -0.4 is 5.32 Å². The smallest absolute Gasteiger partial charge is 0.0330 e. The van der Waals surface area contributed by atoms with Crippen LogP contribution >= 0.6 is 0 Å². The Morgan fingerprint density at radius 3 is 2.05 bits per heavy atom. The zero-order chi connectivity index (χ0) is 15.3. The van der Waals surface area contributed by atoms with Gasteiger partial charge >= 0.3 is 0 Å². The summed E-state index contributed by atoms with van der Waals surface area (Å²) in [5.74, 6) is 0. The van der Waals surface area contributed by atoms with E-state index in [1.54, 1.807) is 0 Å². The van der Waals surface area contributed by atoms with Gasteiger partial charge in [-0.1, -0.05) is 19.8 Å². The van der Waals surface area contributed by atoms with Crippen LogP contribution in [0.3, 0.4) is 0 Å². The summed E-state index contributed by atoms with van der Waals surface area (Å²) in [7, 11) is 6.88. The Morgan fingerprint density at radius 1 is 0.905 bits per heavy atom. The standard InChI is InChI=1S/C18H37N3/c1-5-13-19-14-17(9-6-7-10-17)15-21(4)16-18(20(2)3)11-8-12-18/h19H,5-16H2,1-4H3. The maximum absolute atomic E-state index is 3.70. The van der Waals surface area contributed by atoms with Crippen molar-refractivity contribution in [3.63, 3.8) is 0 Å². The molecule has 0 spiro atoms. The summed E-state index contributed by atoms with van der Waals surface area (Å²) in [5.41, 5.74) is 1.01. The third-order valence-electron chi connectivity index (χ3n) is 5.99. The Bertz CT molecular complexity index is 304. The summed E-state index contributed by atoms with van der Waals surface area (Å²) in [6.07, 6.45) is 11.1. The number of nitrogens with zero attached hydrogens (tertiary/aromatic N) is 2. The molecular formula is C18H37N3. The van der Waals surface area contributed by atoms with Gasteiger partial charge in [0.25, 0.3) is 0 Å². The van der Waals surface area contributed by atoms with Crippen molar-refractivity contribution in [1.29, 1.82) is 0 Å². The van der Waals surface area contributed by atoms with Gasteiger partial charge in [-0.25, -0.2) is 0 Å². The molecule has 0 bridgehead atoms. The fraction of sp³-hybridized carbons (Fsp3) is 1.00. The van der Waals surface area contributed by atoms with E-state index in [1.165, 1.54) is 77.5 Å². The van der Waals surface area contributed by atoms with Gasteiger partial charge < -0.3 is 15.1 Å². The van der Waals surface area contributed by atoms with E-state index < -0.39 is 0 Å². The SMILES string of the molecule is CCCNCC1(CN(C)CC2(N(C)C)CCC2)CCCC1. The third kappa shape index (κ3) is 4.20. The maximum Gasteiger partial charge on any atom is 0.0330 e. The van der Waals surface area contributed by atoms with E-state index in [-0.39, 0.29) is 0 Å². The molecule has 124 valence electrons. The van der Waals surface area contributed by atoms with Crippen molar-refractivity contribution < 1.29 is 0 Å². The van der Waals surface area contributed by atoms with E-state index in [0.717, 1.165) is 0 Å². The van der Waals surface area contributed by atoms with Crippen molar-refractivity contribution in [2.24, 2.45) is 5.41 Å². The van der Waals surface area contributed by atoms with Crippen LogP contribution in [0.25, 0.3) is 0 Å². The van der Waals surface area contributed by atoms with Gasteiger partial charge in [-0.15, -0.1) is 0 Å². The molecule has 0 radical (unpaired) electrons. The molecule has 2 rings (SSSR count). The van der Waals surface area contributed by atoms with E-state index in [0.29, 0.717) is 11.0 Å². The lowest BCUT2D eigenvalue weighted by molar-refractivity contribution is 0.0160. The van der Waals surface area contributed by atoms with Gasteiger partial charge in [-0.05, 0) is 71.6 Å². The zero-order valence-corrected chi connectivity index (χ0v) is 14.9. The van der Waals surface area contributed by atoms with Crippen LogP contribution in [0.1, 0.15) is 58.3 Å². The minimum Gasteiger partial charge on any atom is -0.316 e. The fourth-order valence-electron chi connectivity index (χ4n) is 4.51. The van der Waals surface area contributed by atoms with Gasteiger partial charge in [0.15, 0.2) is 0 Å². The van der Waals surface area contributed by atoms with Crippen molar-refractivity contribution in [3.8, 4) is 0 Å². The van der Waals surface area contributed by atoms with E-state index >= 15 is 0 Å². The van der Waals surface area contributed by atoms with Crippen LogP contribution in [0.5, 0.6) is 0 Å². The molecule has 21 heavy (non-hydrogen) atoms. The topological polar surface area (TPSA) is 18.5 Å². The highest BCUT2D eigenvalue weighted by molar-refractivity contribution is 4.99. The predicted octanol–water partition coefficient (Wildman–Crippen LogP) is 2.96. The molecule has 0 aromatic carbocycles. The monoisotopic (exact) mass is 295 g/mol. The molecule has 2 saturated carbocycles. The van der Waals surface area contributed by atoms with Crippen LogP contribution in [-0.4, -0.2) is 62.7 Å². The third-order valence-corrected chi connectivity index (χ3v) is 5.99. The molecule has 2 fully saturated rings. The highest BCUT2D eigenvalue weighted by Crippen LogP contribution is 2.40. The number of hydrogen-bond acceptors (Lipinski definition) is 3. The van der Waals surface area contributed by atoms with Crippen LogP contribution in [-0.2, 0) is 0 Å². The molecule has 1 N–H and O–H groups in total. The molecule has 2 aliphatic carbocycles. The van der Waals surface area contributed by atoms with Crippen molar-refractivity contribution in [2.45, 2.75) is 63.8 Å². The second kappa shape index (κ2) is 7.43. The van der Waals surface area contributed by atoms with Gasteiger partial charge in [0.1, 0.15) is 0 Å². The highest BCUT2D eigenvalue weighted by atomic mass is 15.2. The Balaban J connectivity index is 1.87. The van der Waals surface area contributed by atoms with Gasteiger partial charge in [0, 0.05) is 25.2 Å². The van der Waals surface area contributed by atoms with Crippen LogP contribution in [0.4, 0.5) is 0 Å². The first kappa shape index (κ1) is 17.2. The summed E-state index contributed by atoms with van der Waals surface area (Å²) in [4.78, 5) is 5.11. The highest BCUT2D eigenvalue weighted by Gasteiger charge is 2.41.